The number of oxime groups is 1. The molecule has 3 heterocycles. The van der Waals surface area contributed by atoms with Gasteiger partial charge in [0, 0.05) is 18.4 Å². The second kappa shape index (κ2) is 7.28. The number of nitrogens with one attached hydrogen (secondary N) is 1. The van der Waals surface area contributed by atoms with Crippen molar-refractivity contribution in [2.45, 2.75) is 30.0 Å². The number of nitrogens with zero attached hydrogens (tertiary/aromatic N) is 3. The molecule has 2 N–H and O–H groups in total. The lowest BCUT2D eigenvalue weighted by Crippen LogP contribution is -2.59. The molecule has 0 saturated carbocycles. The molecule has 10 heteroatoms. The number of carboxylic acid groups (broad SMARTS) is 1. The number of aliphatic carboxylic acids is 1. The molecule has 1 unspecified atom stereocenters. The Labute approximate surface area is 155 Å². The van der Waals surface area contributed by atoms with Gasteiger partial charge in [-0.05, 0) is 0 Å². The van der Waals surface area contributed by atoms with Gasteiger partial charge in [-0.2, -0.15) is 0 Å². The van der Waals surface area contributed by atoms with Crippen LogP contribution in [0.4, 0.5) is 0 Å². The lowest BCUT2D eigenvalue weighted by atomic mass is 10.1. The number of likely N-dealkylation sites (tertiary alicyclic amines) is 1. The largest absolute Gasteiger partial charge is 0.477 e. The monoisotopic (exact) mass is 383 g/mol. The Morgan fingerprint density at radius 1 is 1.46 bits per heavy atom. The molecule has 0 aromatic rings. The lowest BCUT2D eigenvalue weighted by Gasteiger charge is -2.47. The molecular formula is C16H23N4O5S+. The summed E-state index contributed by atoms with van der Waals surface area (Å²) in [6, 6.07) is 0. The Kier molecular flexibility index (Phi) is 5.24. The van der Waals surface area contributed by atoms with Crippen LogP contribution in [0.2, 0.25) is 0 Å². The van der Waals surface area contributed by atoms with E-state index in [0.717, 1.165) is 32.1 Å². The smallest absolute Gasteiger partial charge is 0.352 e. The molecule has 0 radical (unpaired) electrons. The molecule has 3 aliphatic heterocycles. The van der Waals surface area contributed by atoms with E-state index < -0.39 is 17.3 Å². The van der Waals surface area contributed by atoms with Crippen molar-refractivity contribution in [3.05, 3.63) is 11.3 Å². The van der Waals surface area contributed by atoms with Crippen molar-refractivity contribution >= 4 is 35.8 Å². The van der Waals surface area contributed by atoms with Gasteiger partial charge in [0.15, 0.2) is 0 Å². The molecule has 0 bridgehead atoms. The quantitative estimate of drug-likeness (QED) is 0.288. The van der Waals surface area contributed by atoms with Crippen molar-refractivity contribution in [2.75, 3.05) is 33.8 Å². The van der Waals surface area contributed by atoms with E-state index in [1.807, 2.05) is 0 Å². The lowest BCUT2D eigenvalue weighted by molar-refractivity contribution is -0.893. The van der Waals surface area contributed by atoms with E-state index in [1.165, 1.54) is 23.8 Å². The maximum atomic E-state index is 12.1. The van der Waals surface area contributed by atoms with Crippen LogP contribution in [0.25, 0.3) is 0 Å². The number of fused-ring (bicyclic) bond motifs is 1. The first-order valence-electron chi connectivity index (χ1n) is 8.49. The highest BCUT2D eigenvalue weighted by Gasteiger charge is 2.50. The van der Waals surface area contributed by atoms with E-state index in [-0.39, 0.29) is 23.4 Å². The second-order valence-corrected chi connectivity index (χ2v) is 8.26. The topological polar surface area (TPSA) is 108 Å². The van der Waals surface area contributed by atoms with Gasteiger partial charge in [-0.15, -0.1) is 11.8 Å². The van der Waals surface area contributed by atoms with Crippen molar-refractivity contribution < 1.29 is 28.8 Å². The first-order chi connectivity index (χ1) is 12.3. The van der Waals surface area contributed by atoms with Gasteiger partial charge < -0.3 is 19.7 Å². The minimum absolute atomic E-state index is 0.0187. The molecule has 2 saturated heterocycles. The summed E-state index contributed by atoms with van der Waals surface area (Å²) >= 11 is 1.40. The van der Waals surface area contributed by atoms with Crippen molar-refractivity contribution in [3.8, 4) is 0 Å². The third-order valence-corrected chi connectivity index (χ3v) is 6.38. The number of β-lactam (4-membered cyclic amide) rings is 1. The average molecular weight is 383 g/mol. The van der Waals surface area contributed by atoms with Crippen LogP contribution in [0.5, 0.6) is 0 Å². The minimum Gasteiger partial charge on any atom is -0.477 e. The predicted octanol–water partition coefficient (Wildman–Crippen LogP) is -0.0548. The number of likely N-dealkylation sites (N-methyl/N-ethyl adjacent to an activating group) is 1. The number of carboxylic acids is 1. The molecule has 0 spiro atoms. The predicted molar refractivity (Wildman–Crippen MR) is 95.0 cm³/mol. The van der Waals surface area contributed by atoms with Crippen LogP contribution in [-0.4, -0.2) is 83.0 Å². The van der Waals surface area contributed by atoms with Crippen LogP contribution < -0.4 is 5.32 Å². The van der Waals surface area contributed by atoms with Crippen LogP contribution in [0.1, 0.15) is 19.3 Å². The Hall–Kier alpha value is -2.07. The fourth-order valence-corrected chi connectivity index (χ4v) is 5.17. The van der Waals surface area contributed by atoms with E-state index in [9.17, 15) is 19.5 Å². The number of hydrogen-bond donors (Lipinski definition) is 2. The fraction of sp³-hybridized carbons (Fsp3) is 0.625. The summed E-state index contributed by atoms with van der Waals surface area (Å²) < 4.78 is 0.706. The van der Waals surface area contributed by atoms with Crippen molar-refractivity contribution in [3.63, 3.8) is 0 Å². The number of carbonyl (C=O) groups excluding carboxylic acids is 2. The maximum Gasteiger partial charge on any atom is 0.352 e. The van der Waals surface area contributed by atoms with E-state index in [4.69, 9.17) is 0 Å². The van der Waals surface area contributed by atoms with Crippen molar-refractivity contribution in [2.24, 2.45) is 5.16 Å². The van der Waals surface area contributed by atoms with Gasteiger partial charge in [-0.25, -0.2) is 4.79 Å². The third kappa shape index (κ3) is 3.56. The Morgan fingerprint density at radius 2 is 2.15 bits per heavy atom. The van der Waals surface area contributed by atoms with Crippen LogP contribution in [0.15, 0.2) is 16.4 Å². The molecule has 26 heavy (non-hydrogen) atoms. The van der Waals surface area contributed by atoms with E-state index in [0.29, 0.717) is 16.6 Å². The number of thioether (sulfide) groups is 1. The summed E-state index contributed by atoms with van der Waals surface area (Å²) in [7, 11) is 3.42. The highest BCUT2D eigenvalue weighted by atomic mass is 32.2. The van der Waals surface area contributed by atoms with Gasteiger partial charge in [-0.3, -0.25) is 14.5 Å². The summed E-state index contributed by atoms with van der Waals surface area (Å²) in [5, 5.41) is 15.3. The third-order valence-electron chi connectivity index (χ3n) is 5.01. The normalized spacial score (nSPS) is 27.3. The molecule has 0 aromatic heterocycles. The van der Waals surface area contributed by atoms with Gasteiger partial charge in [0.1, 0.15) is 30.9 Å². The zero-order valence-electron chi connectivity index (χ0n) is 14.8. The van der Waals surface area contributed by atoms with Gasteiger partial charge in [0.25, 0.3) is 5.91 Å². The Balaban J connectivity index is 1.94. The zero-order valence-corrected chi connectivity index (χ0v) is 15.6. The van der Waals surface area contributed by atoms with Gasteiger partial charge in [-0.1, -0.05) is 5.16 Å². The first-order valence-corrected chi connectivity index (χ1v) is 9.43. The number of amides is 2. The summed E-state index contributed by atoms with van der Waals surface area (Å²) in [6.07, 6.45) is 3.46. The summed E-state index contributed by atoms with van der Waals surface area (Å²) in [5.41, 5.74) is 0.598. The number of hydrogen-bond acceptors (Lipinski definition) is 6. The molecule has 9 nitrogen and oxygen atoms in total. The highest BCUT2D eigenvalue weighted by molar-refractivity contribution is 8.00. The molecule has 2 fully saturated rings. The first kappa shape index (κ1) is 18.7. The summed E-state index contributed by atoms with van der Waals surface area (Å²) in [4.78, 5) is 41.9. The fourth-order valence-electron chi connectivity index (χ4n) is 3.74. The summed E-state index contributed by atoms with van der Waals surface area (Å²) in [6.45, 7) is 2.38. The van der Waals surface area contributed by atoms with Crippen LogP contribution in [-0.2, 0) is 19.2 Å². The van der Waals surface area contributed by atoms with E-state index in [2.05, 4.69) is 22.4 Å². The molecule has 0 aliphatic carbocycles. The van der Waals surface area contributed by atoms with Gasteiger partial charge in [0.05, 0.1) is 31.9 Å². The Morgan fingerprint density at radius 3 is 2.73 bits per heavy atom. The molecule has 2 amide bonds. The molecule has 0 aromatic carbocycles. The summed E-state index contributed by atoms with van der Waals surface area (Å²) in [5.74, 6) is -1.78. The highest BCUT2D eigenvalue weighted by Crippen LogP contribution is 2.44. The standard InChI is InChI=1S/C16H22N4O5S/c1-20(5-3-4-6-20)9-10-14(16(23)24)19-12(22)7-13(19)26-15(10)18-11(21)8-17-25-2/h8,13,15H,3-7,9H2,1-2H3,(H-,18,21,23,24)/p+1/b17-8-/t13-,15?/m1/s1. The van der Waals surface area contributed by atoms with Crippen LogP contribution in [0, 0.1) is 0 Å². The molecule has 3 aliphatic rings. The van der Waals surface area contributed by atoms with Gasteiger partial charge >= 0.3 is 5.97 Å². The molecule has 2 atom stereocenters. The van der Waals surface area contributed by atoms with Crippen LogP contribution in [0.3, 0.4) is 0 Å². The SMILES string of the molecule is CO/N=C\C(=O)NC1S[C@@H]2CC(=O)N2C(C(=O)O)=C1C[N+]1(C)CCCC1. The van der Waals surface area contributed by atoms with E-state index >= 15 is 0 Å². The number of carbonyl (C=O) groups is 3. The molecule has 3 rings (SSSR count). The average Bonchev–Trinajstić information content (AvgIpc) is 3.00. The minimum atomic E-state index is -1.13. The van der Waals surface area contributed by atoms with Crippen LogP contribution >= 0.6 is 11.8 Å². The maximum absolute atomic E-state index is 12.1. The van der Waals surface area contributed by atoms with Crippen molar-refractivity contribution in [1.29, 1.82) is 0 Å². The molecule has 142 valence electrons. The number of rotatable bonds is 6. The number of quaternary nitrogens is 1. The van der Waals surface area contributed by atoms with E-state index in [1.54, 1.807) is 0 Å². The molecular weight excluding hydrogens is 360 g/mol. The van der Waals surface area contributed by atoms with Gasteiger partial charge in [0.2, 0.25) is 5.91 Å². The van der Waals surface area contributed by atoms with Crippen molar-refractivity contribution in [1.82, 2.24) is 10.2 Å². The Bertz CT molecular complexity index is 686. The second-order valence-electron chi connectivity index (χ2n) is 6.98. The zero-order chi connectivity index (χ0) is 18.9.